The van der Waals surface area contributed by atoms with E-state index in [1.807, 2.05) is 0 Å². The monoisotopic (exact) mass is 328 g/mol. The largest absolute Gasteiger partial charge is 0.493 e. The first kappa shape index (κ1) is 16.1. The van der Waals surface area contributed by atoms with Crippen molar-refractivity contribution < 1.29 is 32.5 Å². The lowest BCUT2D eigenvalue weighted by molar-refractivity contribution is -0.208. The van der Waals surface area contributed by atoms with E-state index in [0.717, 1.165) is 6.07 Å². The summed E-state index contributed by atoms with van der Waals surface area (Å²) in [5.74, 6) is -3.28. The molecule has 2 aliphatic heterocycles. The lowest BCUT2D eigenvalue weighted by Gasteiger charge is -2.37. The van der Waals surface area contributed by atoms with E-state index in [0.29, 0.717) is 25.2 Å². The Bertz CT molecular complexity index is 615. The molecule has 0 saturated carbocycles. The zero-order chi connectivity index (χ0) is 16.6. The number of hydrogen-bond acceptors (Lipinski definition) is 5. The summed E-state index contributed by atoms with van der Waals surface area (Å²) in [6, 6.07) is 2.45. The van der Waals surface area contributed by atoms with E-state index in [4.69, 9.17) is 18.9 Å². The van der Waals surface area contributed by atoms with Crippen molar-refractivity contribution in [3.05, 3.63) is 29.3 Å². The molecule has 126 valence electrons. The molecule has 5 nitrogen and oxygen atoms in total. The molecule has 1 spiro atoms. The van der Waals surface area contributed by atoms with Gasteiger partial charge in [-0.15, -0.1) is 0 Å². The highest BCUT2D eigenvalue weighted by molar-refractivity contribution is 5.77. The molecule has 0 amide bonds. The number of ether oxygens (including phenoxy) is 4. The first-order valence-corrected chi connectivity index (χ1v) is 7.45. The Balaban J connectivity index is 1.98. The predicted molar refractivity (Wildman–Crippen MR) is 75.3 cm³/mol. The summed E-state index contributed by atoms with van der Waals surface area (Å²) in [6.07, 6.45) is -0.435. The molecule has 3 rings (SSSR count). The zero-order valence-electron chi connectivity index (χ0n) is 12.9. The SMILES string of the molecule is CCOC(=O)[C@H]1OC2(COC2)C[C@H]1c1ccc(F)c(F)c1OC. The lowest BCUT2D eigenvalue weighted by atomic mass is 9.85. The van der Waals surface area contributed by atoms with Gasteiger partial charge in [0.05, 0.1) is 26.9 Å². The van der Waals surface area contributed by atoms with Crippen molar-refractivity contribution in [1.82, 2.24) is 0 Å². The number of carbonyl (C=O) groups excluding carboxylic acids is 1. The molecule has 0 aromatic heterocycles. The van der Waals surface area contributed by atoms with Gasteiger partial charge < -0.3 is 18.9 Å². The molecule has 2 saturated heterocycles. The Morgan fingerprint density at radius 2 is 2.13 bits per heavy atom. The smallest absolute Gasteiger partial charge is 0.335 e. The minimum Gasteiger partial charge on any atom is -0.493 e. The van der Waals surface area contributed by atoms with Gasteiger partial charge in [0.25, 0.3) is 0 Å². The van der Waals surface area contributed by atoms with E-state index in [9.17, 15) is 13.6 Å². The fourth-order valence-corrected chi connectivity index (χ4v) is 3.18. The van der Waals surface area contributed by atoms with Crippen LogP contribution >= 0.6 is 0 Å². The van der Waals surface area contributed by atoms with Crippen LogP contribution in [0.5, 0.6) is 5.75 Å². The Hall–Kier alpha value is -1.73. The molecule has 0 aliphatic carbocycles. The van der Waals surface area contributed by atoms with Gasteiger partial charge in [-0.2, -0.15) is 4.39 Å². The molecule has 0 radical (unpaired) electrons. The quantitative estimate of drug-likeness (QED) is 0.793. The van der Waals surface area contributed by atoms with E-state index in [1.165, 1.54) is 13.2 Å². The number of carbonyl (C=O) groups is 1. The molecular formula is C16H18F2O5. The fraction of sp³-hybridized carbons (Fsp3) is 0.562. The summed E-state index contributed by atoms with van der Waals surface area (Å²) in [7, 11) is 1.26. The first-order valence-electron chi connectivity index (χ1n) is 7.45. The number of esters is 1. The lowest BCUT2D eigenvalue weighted by Crippen LogP contribution is -2.50. The summed E-state index contributed by atoms with van der Waals surface area (Å²) in [6.45, 7) is 2.64. The maximum atomic E-state index is 14.0. The van der Waals surface area contributed by atoms with Gasteiger partial charge in [0.2, 0.25) is 5.82 Å². The molecule has 2 atom stereocenters. The molecule has 7 heteroatoms. The van der Waals surface area contributed by atoms with Crippen molar-refractivity contribution in [2.45, 2.75) is 31.0 Å². The normalized spacial score (nSPS) is 25.2. The summed E-state index contributed by atoms with van der Waals surface area (Å²) >= 11 is 0. The van der Waals surface area contributed by atoms with Gasteiger partial charge in [0.15, 0.2) is 17.7 Å². The van der Waals surface area contributed by atoms with Gasteiger partial charge >= 0.3 is 5.97 Å². The van der Waals surface area contributed by atoms with Crippen molar-refractivity contribution in [3.8, 4) is 5.75 Å². The van der Waals surface area contributed by atoms with E-state index < -0.39 is 35.2 Å². The molecule has 2 heterocycles. The van der Waals surface area contributed by atoms with Crippen LogP contribution in [0.4, 0.5) is 8.78 Å². The van der Waals surface area contributed by atoms with E-state index in [1.54, 1.807) is 6.92 Å². The van der Waals surface area contributed by atoms with Crippen LogP contribution in [-0.2, 0) is 19.0 Å². The van der Waals surface area contributed by atoms with Gasteiger partial charge in [-0.05, 0) is 19.4 Å². The van der Waals surface area contributed by atoms with Gasteiger partial charge in [0.1, 0.15) is 5.60 Å². The Kier molecular flexibility index (Phi) is 4.25. The van der Waals surface area contributed by atoms with Gasteiger partial charge in [-0.1, -0.05) is 6.07 Å². The molecule has 1 aromatic carbocycles. The van der Waals surface area contributed by atoms with Crippen LogP contribution in [0, 0.1) is 11.6 Å². The topological polar surface area (TPSA) is 54.0 Å². The van der Waals surface area contributed by atoms with Crippen LogP contribution in [0.1, 0.15) is 24.8 Å². The molecule has 0 bridgehead atoms. The van der Waals surface area contributed by atoms with Crippen LogP contribution in [-0.4, -0.2) is 44.6 Å². The third-order valence-corrected chi connectivity index (χ3v) is 4.27. The highest BCUT2D eigenvalue weighted by atomic mass is 19.2. The summed E-state index contributed by atoms with van der Waals surface area (Å²) in [5, 5.41) is 0. The molecule has 0 unspecified atom stereocenters. The second-order valence-corrected chi connectivity index (χ2v) is 5.76. The highest BCUT2D eigenvalue weighted by Gasteiger charge is 2.55. The Morgan fingerprint density at radius 1 is 1.39 bits per heavy atom. The van der Waals surface area contributed by atoms with Crippen molar-refractivity contribution in [2.75, 3.05) is 26.9 Å². The number of halogens is 2. The average molecular weight is 328 g/mol. The number of methoxy groups -OCH3 is 1. The summed E-state index contributed by atoms with van der Waals surface area (Å²) in [4.78, 5) is 12.2. The standard InChI is InChI=1S/C16H18F2O5/c1-3-22-15(19)14-10(6-16(23-14)7-21-8-16)9-4-5-11(17)12(18)13(9)20-2/h4-5,10,14H,3,6-8H2,1-2H3/t10-,14-/m0/s1. The molecule has 1 aromatic rings. The van der Waals surface area contributed by atoms with Crippen molar-refractivity contribution in [3.63, 3.8) is 0 Å². The number of benzene rings is 1. The summed E-state index contributed by atoms with van der Waals surface area (Å²) in [5.41, 5.74) is -0.175. The van der Waals surface area contributed by atoms with Crippen molar-refractivity contribution in [2.24, 2.45) is 0 Å². The second-order valence-electron chi connectivity index (χ2n) is 5.76. The van der Waals surface area contributed by atoms with E-state index in [-0.39, 0.29) is 12.4 Å². The third kappa shape index (κ3) is 2.68. The van der Waals surface area contributed by atoms with Crippen LogP contribution in [0.15, 0.2) is 12.1 Å². The van der Waals surface area contributed by atoms with Gasteiger partial charge in [0, 0.05) is 11.5 Å². The molecule has 0 N–H and O–H groups in total. The molecular weight excluding hydrogens is 310 g/mol. The average Bonchev–Trinajstić information content (AvgIpc) is 2.91. The maximum Gasteiger partial charge on any atom is 0.335 e. The molecule has 2 aliphatic rings. The molecule has 23 heavy (non-hydrogen) atoms. The molecule has 2 fully saturated rings. The van der Waals surface area contributed by atoms with Gasteiger partial charge in [-0.25, -0.2) is 9.18 Å². The minimum absolute atomic E-state index is 0.204. The Labute approximate surface area is 132 Å². The Morgan fingerprint density at radius 3 is 2.70 bits per heavy atom. The zero-order valence-corrected chi connectivity index (χ0v) is 12.9. The van der Waals surface area contributed by atoms with Gasteiger partial charge in [-0.3, -0.25) is 0 Å². The van der Waals surface area contributed by atoms with Crippen LogP contribution in [0.25, 0.3) is 0 Å². The third-order valence-electron chi connectivity index (χ3n) is 4.27. The summed E-state index contributed by atoms with van der Waals surface area (Å²) < 4.78 is 48.6. The maximum absolute atomic E-state index is 14.0. The minimum atomic E-state index is -1.07. The fourth-order valence-electron chi connectivity index (χ4n) is 3.18. The number of hydrogen-bond donors (Lipinski definition) is 0. The van der Waals surface area contributed by atoms with E-state index in [2.05, 4.69) is 0 Å². The number of rotatable bonds is 4. The van der Waals surface area contributed by atoms with E-state index >= 15 is 0 Å². The second kappa shape index (κ2) is 6.05. The van der Waals surface area contributed by atoms with Crippen molar-refractivity contribution in [1.29, 1.82) is 0 Å². The van der Waals surface area contributed by atoms with Crippen molar-refractivity contribution >= 4 is 5.97 Å². The first-order chi connectivity index (χ1) is 11.0. The highest BCUT2D eigenvalue weighted by Crippen LogP contribution is 2.48. The van der Waals surface area contributed by atoms with Crippen LogP contribution < -0.4 is 4.74 Å². The predicted octanol–water partition coefficient (Wildman–Crippen LogP) is 2.18. The van der Waals surface area contributed by atoms with Crippen LogP contribution in [0.3, 0.4) is 0 Å². The van der Waals surface area contributed by atoms with Crippen LogP contribution in [0.2, 0.25) is 0 Å².